The maximum atomic E-state index is 10.6. The summed E-state index contributed by atoms with van der Waals surface area (Å²) in [5.41, 5.74) is -1.21. The van der Waals surface area contributed by atoms with E-state index >= 15 is 0 Å². The molecular weight excluding hydrogens is 304 g/mol. The van der Waals surface area contributed by atoms with E-state index in [1.807, 2.05) is 20.8 Å². The molecule has 1 N–H and O–H groups in total. The number of hydrogen-bond acceptors (Lipinski definition) is 6. The summed E-state index contributed by atoms with van der Waals surface area (Å²) in [7, 11) is 3.68. The number of hydrogen-bond donors (Lipinski definition) is 1. The zero-order valence-corrected chi connectivity index (χ0v) is 16.0. The smallest absolute Gasteiger partial charge is 0.177 e. The summed E-state index contributed by atoms with van der Waals surface area (Å²) < 4.78 is 28.8. The first-order valence-electron chi connectivity index (χ1n) is 7.54. The molecule has 1 rings (SSSR count). The molecule has 1 aliphatic heterocycles. The predicted molar refractivity (Wildman–Crippen MR) is 85.4 cm³/mol. The number of aliphatic hydroxyl groups is 1. The van der Waals surface area contributed by atoms with Crippen molar-refractivity contribution in [3.63, 3.8) is 0 Å². The average molecular weight is 335 g/mol. The Morgan fingerprint density at radius 2 is 1.73 bits per heavy atom. The van der Waals surface area contributed by atoms with E-state index in [1.54, 1.807) is 21.3 Å². The van der Waals surface area contributed by atoms with Crippen LogP contribution in [0.1, 0.15) is 20.8 Å². The summed E-state index contributed by atoms with van der Waals surface area (Å²) in [6, 6.07) is 0. The van der Waals surface area contributed by atoms with Crippen molar-refractivity contribution in [2.24, 2.45) is 0 Å². The van der Waals surface area contributed by atoms with Gasteiger partial charge in [0.15, 0.2) is 5.41 Å². The topological polar surface area (TPSA) is 66.4 Å². The molecule has 0 amide bonds. The van der Waals surface area contributed by atoms with Crippen molar-refractivity contribution in [1.29, 1.82) is 0 Å². The van der Waals surface area contributed by atoms with E-state index in [-0.39, 0.29) is 12.2 Å². The summed E-state index contributed by atoms with van der Waals surface area (Å²) in [6.07, 6.45) is -2.41. The Morgan fingerprint density at radius 1 is 1.14 bits per heavy atom. The molecule has 1 saturated heterocycles. The van der Waals surface area contributed by atoms with Crippen LogP contribution in [0.25, 0.3) is 0 Å². The zero-order valence-electron chi connectivity index (χ0n) is 15.0. The normalized spacial score (nSPS) is 36.8. The van der Waals surface area contributed by atoms with Gasteiger partial charge < -0.3 is 28.8 Å². The molecule has 0 aromatic heterocycles. The van der Waals surface area contributed by atoms with Crippen molar-refractivity contribution in [1.82, 2.24) is 0 Å². The van der Waals surface area contributed by atoms with Crippen LogP contribution in [0.2, 0.25) is 13.1 Å². The van der Waals surface area contributed by atoms with Crippen molar-refractivity contribution in [2.45, 2.75) is 69.3 Å². The van der Waals surface area contributed by atoms with Gasteiger partial charge in [0.1, 0.15) is 33.2 Å². The second-order valence-electron chi connectivity index (χ2n) is 6.80. The molecule has 0 unspecified atom stereocenters. The largest absolute Gasteiger partial charge is 0.387 e. The third-order valence-electron chi connectivity index (χ3n) is 3.92. The molecule has 7 heteroatoms. The quantitative estimate of drug-likeness (QED) is 0.737. The van der Waals surface area contributed by atoms with E-state index in [1.165, 1.54) is 0 Å². The highest BCUT2D eigenvalue weighted by Crippen LogP contribution is 2.36. The molecule has 1 fully saturated rings. The second kappa shape index (κ2) is 7.70. The van der Waals surface area contributed by atoms with Gasteiger partial charge in [-0.3, -0.25) is 0 Å². The van der Waals surface area contributed by atoms with Gasteiger partial charge in [0.05, 0.1) is 12.2 Å². The molecular formula is C15H31O6Si. The van der Waals surface area contributed by atoms with E-state index in [0.717, 1.165) is 0 Å². The Hall–Kier alpha value is -0.0231. The van der Waals surface area contributed by atoms with Crippen molar-refractivity contribution < 1.29 is 28.8 Å². The molecule has 1 radical (unpaired) electrons. The van der Waals surface area contributed by atoms with Gasteiger partial charge >= 0.3 is 0 Å². The first-order chi connectivity index (χ1) is 10.1. The Labute approximate surface area is 135 Å². The molecule has 0 saturated carbocycles. The standard InChI is InChI=1S/C15H31O6Si/c1-14(2,3)20-9-10-11(16)12(17-4)13(18-5)15(19-6,21-10)22(7)8/h10-13,16H,9H2,1-8H3/t10-,11-,12+,13-,15-/m1/s1. The average Bonchev–Trinajstić information content (AvgIpc) is 2.44. The summed E-state index contributed by atoms with van der Waals surface area (Å²) in [6.45, 7) is 10.3. The van der Waals surface area contributed by atoms with E-state index in [9.17, 15) is 5.11 Å². The van der Waals surface area contributed by atoms with Crippen LogP contribution in [0, 0.1) is 0 Å². The maximum absolute atomic E-state index is 10.6. The molecule has 0 aromatic rings. The minimum atomic E-state index is -1.07. The third kappa shape index (κ3) is 4.08. The molecule has 0 spiro atoms. The van der Waals surface area contributed by atoms with Gasteiger partial charge in [-0.05, 0) is 20.8 Å². The highest BCUT2D eigenvalue weighted by atomic mass is 28.3. The van der Waals surface area contributed by atoms with Gasteiger partial charge in [-0.2, -0.15) is 0 Å². The summed E-state index contributed by atoms with van der Waals surface area (Å²) in [4.78, 5) is 0. The van der Waals surface area contributed by atoms with Gasteiger partial charge in [-0.1, -0.05) is 13.1 Å². The van der Waals surface area contributed by atoms with Crippen LogP contribution in [0.4, 0.5) is 0 Å². The van der Waals surface area contributed by atoms with Gasteiger partial charge in [0, 0.05) is 21.3 Å². The number of rotatable bonds is 6. The van der Waals surface area contributed by atoms with Crippen LogP contribution in [-0.2, 0) is 23.7 Å². The number of aliphatic hydroxyl groups excluding tert-OH is 1. The van der Waals surface area contributed by atoms with E-state index in [4.69, 9.17) is 23.7 Å². The summed E-state index contributed by atoms with van der Waals surface area (Å²) >= 11 is 0. The molecule has 0 bridgehead atoms. The fourth-order valence-corrected chi connectivity index (χ4v) is 4.40. The van der Waals surface area contributed by atoms with Gasteiger partial charge in [-0.25, -0.2) is 0 Å². The SMILES string of the molecule is CO[C@H]1[C@H](O)[C@@H](COC(C)(C)C)O[C@@](OC)([Si](C)C)[C@@H]1OC. The summed E-state index contributed by atoms with van der Waals surface area (Å²) in [5.74, 6) is 0. The number of ether oxygens (including phenoxy) is 5. The van der Waals surface area contributed by atoms with E-state index in [2.05, 4.69) is 13.1 Å². The lowest BCUT2D eigenvalue weighted by Gasteiger charge is -2.52. The molecule has 0 aromatic carbocycles. The fourth-order valence-electron chi connectivity index (χ4n) is 2.76. The van der Waals surface area contributed by atoms with Crippen LogP contribution < -0.4 is 0 Å². The lowest BCUT2D eigenvalue weighted by molar-refractivity contribution is -0.332. The monoisotopic (exact) mass is 335 g/mol. The van der Waals surface area contributed by atoms with Crippen LogP contribution in [-0.4, -0.2) is 77.3 Å². The maximum Gasteiger partial charge on any atom is 0.177 e. The van der Waals surface area contributed by atoms with Gasteiger partial charge in [-0.15, -0.1) is 0 Å². The molecule has 0 aliphatic carbocycles. The van der Waals surface area contributed by atoms with Crippen molar-refractivity contribution in [3.8, 4) is 0 Å². The fraction of sp³-hybridized carbons (Fsp3) is 1.00. The first-order valence-corrected chi connectivity index (χ1v) is 10.0. The Balaban J connectivity index is 3.07. The summed E-state index contributed by atoms with van der Waals surface area (Å²) in [5, 5.41) is 10.6. The van der Waals surface area contributed by atoms with Crippen molar-refractivity contribution >= 4 is 8.80 Å². The Kier molecular flexibility index (Phi) is 7.01. The molecule has 1 heterocycles. The minimum Gasteiger partial charge on any atom is -0.387 e. The molecule has 5 atom stereocenters. The molecule has 22 heavy (non-hydrogen) atoms. The molecule has 6 nitrogen and oxygen atoms in total. The minimum absolute atomic E-state index is 0.265. The zero-order chi connectivity index (χ0) is 17.1. The van der Waals surface area contributed by atoms with Gasteiger partial charge in [0.2, 0.25) is 0 Å². The third-order valence-corrected chi connectivity index (χ3v) is 5.92. The Morgan fingerprint density at radius 3 is 2.09 bits per heavy atom. The van der Waals surface area contributed by atoms with E-state index < -0.39 is 38.6 Å². The van der Waals surface area contributed by atoms with Crippen LogP contribution in [0.15, 0.2) is 0 Å². The van der Waals surface area contributed by atoms with Gasteiger partial charge in [0.25, 0.3) is 0 Å². The van der Waals surface area contributed by atoms with Crippen LogP contribution in [0.5, 0.6) is 0 Å². The highest BCUT2D eigenvalue weighted by Gasteiger charge is 2.57. The van der Waals surface area contributed by atoms with Crippen molar-refractivity contribution in [3.05, 3.63) is 0 Å². The Bertz CT molecular complexity index is 345. The van der Waals surface area contributed by atoms with Crippen LogP contribution >= 0.6 is 0 Å². The van der Waals surface area contributed by atoms with E-state index in [0.29, 0.717) is 0 Å². The highest BCUT2D eigenvalue weighted by molar-refractivity contribution is 6.58. The molecule has 1 aliphatic rings. The first kappa shape index (κ1) is 20.0. The van der Waals surface area contributed by atoms with Crippen LogP contribution in [0.3, 0.4) is 0 Å². The molecule has 131 valence electrons. The van der Waals surface area contributed by atoms with Crippen molar-refractivity contribution in [2.75, 3.05) is 27.9 Å². The lowest BCUT2D eigenvalue weighted by atomic mass is 9.98. The number of methoxy groups -OCH3 is 3. The lowest BCUT2D eigenvalue weighted by Crippen LogP contribution is -2.71. The second-order valence-corrected chi connectivity index (χ2v) is 9.50. The predicted octanol–water partition coefficient (Wildman–Crippen LogP) is 1.23.